The number of piperidine rings is 1. The van der Waals surface area contributed by atoms with Crippen LogP contribution in [0.2, 0.25) is 0 Å². The first-order valence-electron chi connectivity index (χ1n) is 8.49. The second kappa shape index (κ2) is 6.78. The van der Waals surface area contributed by atoms with Gasteiger partial charge < -0.3 is 4.90 Å². The first-order chi connectivity index (χ1) is 9.56. The lowest BCUT2D eigenvalue weighted by molar-refractivity contribution is -0.136. The molecule has 1 spiro atoms. The molecule has 2 rings (SSSR count). The summed E-state index contributed by atoms with van der Waals surface area (Å²) in [5.41, 5.74) is 0.405. The van der Waals surface area contributed by atoms with Gasteiger partial charge in [0.15, 0.2) is 0 Å². The Morgan fingerprint density at radius 3 is 2.70 bits per heavy atom. The molecule has 0 aromatic heterocycles. The number of likely N-dealkylation sites (tertiary alicyclic amines) is 1. The number of amides is 1. The van der Waals surface area contributed by atoms with Gasteiger partial charge in [0.1, 0.15) is 0 Å². The summed E-state index contributed by atoms with van der Waals surface area (Å²) in [6, 6.07) is 0. The number of carbonyl (C=O) groups is 1. The number of carbonyl (C=O) groups excluding carboxylic acids is 1. The zero-order chi connectivity index (χ0) is 14.6. The van der Waals surface area contributed by atoms with Gasteiger partial charge in [-0.1, -0.05) is 39.3 Å². The summed E-state index contributed by atoms with van der Waals surface area (Å²) in [7, 11) is 0. The van der Waals surface area contributed by atoms with E-state index in [0.29, 0.717) is 23.2 Å². The predicted molar refractivity (Wildman–Crippen MR) is 84.5 cm³/mol. The molecule has 2 nitrogen and oxygen atoms in total. The molecule has 1 heterocycles. The maximum atomic E-state index is 12.6. The van der Waals surface area contributed by atoms with E-state index < -0.39 is 0 Å². The fourth-order valence-corrected chi connectivity index (χ4v) is 3.94. The highest BCUT2D eigenvalue weighted by Gasteiger charge is 2.37. The summed E-state index contributed by atoms with van der Waals surface area (Å²) >= 11 is 0. The molecule has 2 atom stereocenters. The highest BCUT2D eigenvalue weighted by molar-refractivity contribution is 5.76. The summed E-state index contributed by atoms with van der Waals surface area (Å²) in [5.74, 6) is 1.56. The Morgan fingerprint density at radius 1 is 1.30 bits per heavy atom. The minimum Gasteiger partial charge on any atom is -0.342 e. The molecule has 114 valence electrons. The van der Waals surface area contributed by atoms with Gasteiger partial charge in [-0.25, -0.2) is 0 Å². The minimum absolute atomic E-state index is 0.402. The van der Waals surface area contributed by atoms with Crippen LogP contribution in [-0.4, -0.2) is 23.9 Å². The SMILES string of the molecule is CC[C@@H](CC(=O)N1CCC[C@@]2(CC=CCC2)C1)C(C)C. The summed E-state index contributed by atoms with van der Waals surface area (Å²) in [4.78, 5) is 14.8. The number of rotatable bonds is 4. The third-order valence-corrected chi connectivity index (χ3v) is 5.48. The molecule has 0 radical (unpaired) electrons. The first kappa shape index (κ1) is 15.6. The van der Waals surface area contributed by atoms with Crippen molar-refractivity contribution in [2.45, 2.75) is 65.7 Å². The lowest BCUT2D eigenvalue weighted by Gasteiger charge is -2.44. The van der Waals surface area contributed by atoms with Crippen molar-refractivity contribution in [2.24, 2.45) is 17.3 Å². The van der Waals surface area contributed by atoms with Gasteiger partial charge in [-0.3, -0.25) is 4.79 Å². The quantitative estimate of drug-likeness (QED) is 0.697. The summed E-state index contributed by atoms with van der Waals surface area (Å²) in [5, 5.41) is 0. The van der Waals surface area contributed by atoms with Gasteiger partial charge in [0.25, 0.3) is 0 Å². The molecule has 0 saturated carbocycles. The van der Waals surface area contributed by atoms with Gasteiger partial charge in [0.05, 0.1) is 0 Å². The minimum atomic E-state index is 0.402. The second-order valence-electron chi connectivity index (χ2n) is 7.25. The third-order valence-electron chi connectivity index (χ3n) is 5.48. The third kappa shape index (κ3) is 3.65. The van der Waals surface area contributed by atoms with Crippen LogP contribution in [-0.2, 0) is 4.79 Å². The molecular formula is C18H31NO. The smallest absolute Gasteiger partial charge is 0.222 e. The van der Waals surface area contributed by atoms with Crippen LogP contribution in [0.5, 0.6) is 0 Å². The van der Waals surface area contributed by atoms with Crippen molar-refractivity contribution in [2.75, 3.05) is 13.1 Å². The van der Waals surface area contributed by atoms with Crippen molar-refractivity contribution in [3.8, 4) is 0 Å². The highest BCUT2D eigenvalue weighted by Crippen LogP contribution is 2.41. The van der Waals surface area contributed by atoms with Crippen LogP contribution < -0.4 is 0 Å². The zero-order valence-corrected chi connectivity index (χ0v) is 13.5. The van der Waals surface area contributed by atoms with E-state index in [9.17, 15) is 4.79 Å². The van der Waals surface area contributed by atoms with Gasteiger partial charge >= 0.3 is 0 Å². The van der Waals surface area contributed by atoms with Crippen LogP contribution in [0.1, 0.15) is 65.7 Å². The lowest BCUT2D eigenvalue weighted by Crippen LogP contribution is -2.47. The topological polar surface area (TPSA) is 20.3 Å². The molecule has 2 heteroatoms. The number of hydrogen-bond donors (Lipinski definition) is 0. The van der Waals surface area contributed by atoms with Crippen LogP contribution in [0.3, 0.4) is 0 Å². The summed E-state index contributed by atoms with van der Waals surface area (Å²) in [6.07, 6.45) is 12.7. The highest BCUT2D eigenvalue weighted by atomic mass is 16.2. The molecule has 1 saturated heterocycles. The summed E-state index contributed by atoms with van der Waals surface area (Å²) in [6.45, 7) is 8.68. The second-order valence-corrected chi connectivity index (χ2v) is 7.25. The Morgan fingerprint density at radius 2 is 2.10 bits per heavy atom. The van der Waals surface area contributed by atoms with Gasteiger partial charge in [0, 0.05) is 19.5 Å². The average Bonchev–Trinajstić information content (AvgIpc) is 2.45. The number of nitrogens with zero attached hydrogens (tertiary/aromatic N) is 1. The van der Waals surface area contributed by atoms with Crippen molar-refractivity contribution in [3.63, 3.8) is 0 Å². The Bertz CT molecular complexity index is 360. The Labute approximate surface area is 124 Å². The van der Waals surface area contributed by atoms with E-state index in [1.165, 1.54) is 32.1 Å². The van der Waals surface area contributed by atoms with E-state index in [1.54, 1.807) is 0 Å². The number of allylic oxidation sites excluding steroid dienone is 2. The molecule has 2 aliphatic rings. The van der Waals surface area contributed by atoms with E-state index >= 15 is 0 Å². The van der Waals surface area contributed by atoms with Gasteiger partial charge in [-0.2, -0.15) is 0 Å². The van der Waals surface area contributed by atoms with Crippen molar-refractivity contribution >= 4 is 5.91 Å². The van der Waals surface area contributed by atoms with Crippen molar-refractivity contribution < 1.29 is 4.79 Å². The molecule has 0 bridgehead atoms. The van der Waals surface area contributed by atoms with E-state index in [-0.39, 0.29) is 0 Å². The Balaban J connectivity index is 1.94. The normalized spacial score (nSPS) is 28.1. The standard InChI is InChI=1S/C18H31NO/c1-4-16(15(2)3)13-17(20)19-12-8-11-18(14-19)9-6-5-7-10-18/h5-6,15-16H,4,7-14H2,1-3H3/t16-,18-/m0/s1. The molecule has 0 aromatic carbocycles. The fraction of sp³-hybridized carbons (Fsp3) is 0.833. The average molecular weight is 277 g/mol. The molecule has 1 aliphatic carbocycles. The maximum Gasteiger partial charge on any atom is 0.222 e. The molecular weight excluding hydrogens is 246 g/mol. The van der Waals surface area contributed by atoms with E-state index in [4.69, 9.17) is 0 Å². The van der Waals surface area contributed by atoms with Crippen molar-refractivity contribution in [1.82, 2.24) is 4.90 Å². The fourth-order valence-electron chi connectivity index (χ4n) is 3.94. The Hall–Kier alpha value is -0.790. The van der Waals surface area contributed by atoms with Crippen molar-refractivity contribution in [3.05, 3.63) is 12.2 Å². The number of hydrogen-bond acceptors (Lipinski definition) is 1. The first-order valence-corrected chi connectivity index (χ1v) is 8.49. The maximum absolute atomic E-state index is 12.6. The Kier molecular flexibility index (Phi) is 5.29. The van der Waals surface area contributed by atoms with Crippen molar-refractivity contribution in [1.29, 1.82) is 0 Å². The largest absolute Gasteiger partial charge is 0.342 e. The monoisotopic (exact) mass is 277 g/mol. The molecule has 1 aliphatic heterocycles. The van der Waals surface area contributed by atoms with Gasteiger partial charge in [0.2, 0.25) is 5.91 Å². The molecule has 0 N–H and O–H groups in total. The molecule has 1 fully saturated rings. The van der Waals surface area contributed by atoms with Crippen LogP contribution in [0, 0.1) is 17.3 Å². The van der Waals surface area contributed by atoms with E-state index in [1.807, 2.05) is 0 Å². The van der Waals surface area contributed by atoms with Crippen LogP contribution >= 0.6 is 0 Å². The summed E-state index contributed by atoms with van der Waals surface area (Å²) < 4.78 is 0. The van der Waals surface area contributed by atoms with Crippen LogP contribution in [0.15, 0.2) is 12.2 Å². The van der Waals surface area contributed by atoms with Crippen LogP contribution in [0.25, 0.3) is 0 Å². The zero-order valence-electron chi connectivity index (χ0n) is 13.5. The lowest BCUT2D eigenvalue weighted by atomic mass is 9.71. The van der Waals surface area contributed by atoms with E-state index in [0.717, 1.165) is 25.9 Å². The van der Waals surface area contributed by atoms with Crippen LogP contribution in [0.4, 0.5) is 0 Å². The molecule has 0 aromatic rings. The molecule has 1 amide bonds. The molecule has 20 heavy (non-hydrogen) atoms. The predicted octanol–water partition coefficient (Wildman–Crippen LogP) is 4.41. The van der Waals surface area contributed by atoms with Gasteiger partial charge in [-0.15, -0.1) is 0 Å². The van der Waals surface area contributed by atoms with E-state index in [2.05, 4.69) is 37.8 Å². The molecule has 0 unspecified atom stereocenters. The van der Waals surface area contributed by atoms with Gasteiger partial charge in [-0.05, 0) is 49.4 Å².